The normalized spacial score (nSPS) is 11.3. The minimum atomic E-state index is -4.08. The van der Waals surface area contributed by atoms with Crippen molar-refractivity contribution in [1.29, 1.82) is 0 Å². The maximum Gasteiger partial charge on any atom is 0.263 e. The van der Waals surface area contributed by atoms with E-state index in [1.165, 1.54) is 24.3 Å². The Morgan fingerprint density at radius 3 is 2.00 bits per heavy atom. The molecule has 0 radical (unpaired) electrons. The number of carbonyl (C=O) groups is 1. The number of rotatable bonds is 6. The molecule has 0 saturated carbocycles. The molecule has 3 aromatic carbocycles. The highest BCUT2D eigenvalue weighted by Gasteiger charge is 2.19. The molecule has 1 heterocycles. The summed E-state index contributed by atoms with van der Waals surface area (Å²) in [6, 6.07) is 16.9. The monoisotopic (exact) mass is 437 g/mol. The molecular formula is C21H14FN4O4S-. The zero-order chi connectivity index (χ0) is 22.0. The average Bonchev–Trinajstić information content (AvgIpc) is 2.74. The fourth-order valence-electron chi connectivity index (χ4n) is 2.78. The van der Waals surface area contributed by atoms with Crippen molar-refractivity contribution in [3.05, 3.63) is 84.2 Å². The number of sulfonamides is 1. The van der Waals surface area contributed by atoms with Crippen molar-refractivity contribution in [2.24, 2.45) is 0 Å². The molecule has 10 heteroatoms. The summed E-state index contributed by atoms with van der Waals surface area (Å²) < 4.78 is 41.1. The lowest BCUT2D eigenvalue weighted by Gasteiger charge is -2.14. The van der Waals surface area contributed by atoms with Gasteiger partial charge in [-0.15, -0.1) is 0 Å². The molecule has 0 fully saturated rings. The quantitative estimate of drug-likeness (QED) is 0.475. The van der Waals surface area contributed by atoms with E-state index in [0.29, 0.717) is 16.7 Å². The number of carboxylic acids is 1. The van der Waals surface area contributed by atoms with Crippen LogP contribution in [-0.4, -0.2) is 24.4 Å². The summed E-state index contributed by atoms with van der Waals surface area (Å²) >= 11 is 0. The zero-order valence-electron chi connectivity index (χ0n) is 15.7. The predicted octanol–water partition coefficient (Wildman–Crippen LogP) is 2.68. The van der Waals surface area contributed by atoms with Gasteiger partial charge in [-0.1, -0.05) is 24.3 Å². The molecule has 1 aromatic heterocycles. The molecule has 0 aliphatic rings. The molecule has 0 unspecified atom stereocenters. The number of nitrogens with zero attached hydrogens (tertiary/aromatic N) is 2. The van der Waals surface area contributed by atoms with Gasteiger partial charge < -0.3 is 15.2 Å². The highest BCUT2D eigenvalue weighted by atomic mass is 32.2. The number of aromatic nitrogens is 2. The molecule has 156 valence electrons. The van der Waals surface area contributed by atoms with Gasteiger partial charge in [0, 0.05) is 5.69 Å². The Labute approximate surface area is 176 Å². The minimum absolute atomic E-state index is 0.00705. The number of carbonyl (C=O) groups excluding carboxylic acids is 1. The Morgan fingerprint density at radius 1 is 0.839 bits per heavy atom. The first-order valence-corrected chi connectivity index (χ1v) is 10.4. The summed E-state index contributed by atoms with van der Waals surface area (Å²) in [4.78, 5) is 19.6. The van der Waals surface area contributed by atoms with Gasteiger partial charge in [-0.25, -0.2) is 22.8 Å². The average molecular weight is 437 g/mol. The first kappa shape index (κ1) is 20.2. The van der Waals surface area contributed by atoms with Crippen LogP contribution >= 0.6 is 0 Å². The van der Waals surface area contributed by atoms with E-state index >= 15 is 0 Å². The van der Waals surface area contributed by atoms with Crippen LogP contribution in [0.2, 0.25) is 0 Å². The van der Waals surface area contributed by atoms with E-state index in [0.717, 1.165) is 24.3 Å². The summed E-state index contributed by atoms with van der Waals surface area (Å²) in [5.74, 6) is -1.85. The van der Waals surface area contributed by atoms with E-state index in [1.54, 1.807) is 24.3 Å². The summed E-state index contributed by atoms with van der Waals surface area (Å²) in [6.45, 7) is 0. The van der Waals surface area contributed by atoms with Crippen molar-refractivity contribution in [3.63, 3.8) is 0 Å². The number of nitrogens with one attached hydrogen (secondary N) is 2. The second-order valence-electron chi connectivity index (χ2n) is 6.46. The molecule has 0 atom stereocenters. The Hall–Kier alpha value is -4.05. The van der Waals surface area contributed by atoms with Crippen molar-refractivity contribution < 1.29 is 22.7 Å². The van der Waals surface area contributed by atoms with Crippen molar-refractivity contribution in [2.75, 3.05) is 10.0 Å². The van der Waals surface area contributed by atoms with Gasteiger partial charge >= 0.3 is 0 Å². The summed E-state index contributed by atoms with van der Waals surface area (Å²) in [7, 11) is -4.08. The Bertz CT molecular complexity index is 1380. The predicted molar refractivity (Wildman–Crippen MR) is 111 cm³/mol. The van der Waals surface area contributed by atoms with Crippen LogP contribution in [0.3, 0.4) is 0 Å². The van der Waals surface area contributed by atoms with Crippen LogP contribution in [0, 0.1) is 5.82 Å². The third-order valence-corrected chi connectivity index (χ3v) is 5.66. The largest absolute Gasteiger partial charge is 0.545 e. The second kappa shape index (κ2) is 8.00. The highest BCUT2D eigenvalue weighted by Crippen LogP contribution is 2.27. The summed E-state index contributed by atoms with van der Waals surface area (Å²) in [5, 5.41) is 13.9. The molecule has 31 heavy (non-hydrogen) atoms. The fraction of sp³-hybridized carbons (Fsp3) is 0. The van der Waals surface area contributed by atoms with E-state index < -0.39 is 21.8 Å². The smallest absolute Gasteiger partial charge is 0.263 e. The van der Waals surface area contributed by atoms with Crippen LogP contribution < -0.4 is 15.1 Å². The molecule has 0 amide bonds. The number of aromatic carboxylic acids is 1. The molecule has 0 spiro atoms. The Kier molecular flexibility index (Phi) is 5.22. The number of fused-ring (bicyclic) bond motifs is 1. The van der Waals surface area contributed by atoms with Gasteiger partial charge in [-0.3, -0.25) is 4.72 Å². The molecule has 4 aromatic rings. The van der Waals surface area contributed by atoms with Crippen molar-refractivity contribution in [2.45, 2.75) is 4.90 Å². The molecule has 0 bridgehead atoms. The maximum absolute atomic E-state index is 13.2. The van der Waals surface area contributed by atoms with Crippen LogP contribution in [0.15, 0.2) is 77.7 Å². The first-order valence-electron chi connectivity index (χ1n) is 8.95. The van der Waals surface area contributed by atoms with Gasteiger partial charge in [0.25, 0.3) is 10.0 Å². The molecule has 0 aliphatic heterocycles. The van der Waals surface area contributed by atoms with Crippen molar-refractivity contribution >= 4 is 44.3 Å². The lowest BCUT2D eigenvalue weighted by molar-refractivity contribution is -0.255. The van der Waals surface area contributed by atoms with Crippen molar-refractivity contribution in [1.82, 2.24) is 9.97 Å². The SMILES string of the molecule is O=C([O-])c1ccc(Nc2nc3ccccc3nc2NS(=O)(=O)c2ccc(F)cc2)cc1. The van der Waals surface area contributed by atoms with Crippen LogP contribution in [0.4, 0.5) is 21.7 Å². The number of hydrogen-bond donors (Lipinski definition) is 2. The molecule has 4 rings (SSSR count). The van der Waals surface area contributed by atoms with E-state index in [4.69, 9.17) is 0 Å². The number of para-hydroxylation sites is 2. The van der Waals surface area contributed by atoms with Gasteiger partial charge in [-0.2, -0.15) is 0 Å². The second-order valence-corrected chi connectivity index (χ2v) is 8.14. The Morgan fingerprint density at radius 2 is 1.42 bits per heavy atom. The third kappa shape index (κ3) is 4.43. The van der Waals surface area contributed by atoms with Gasteiger partial charge in [0.15, 0.2) is 11.6 Å². The fourth-order valence-corrected chi connectivity index (χ4v) is 3.79. The van der Waals surface area contributed by atoms with E-state index in [1.807, 2.05) is 0 Å². The molecule has 8 nitrogen and oxygen atoms in total. The molecule has 2 N–H and O–H groups in total. The van der Waals surface area contributed by atoms with Crippen molar-refractivity contribution in [3.8, 4) is 0 Å². The van der Waals surface area contributed by atoms with E-state index in [2.05, 4.69) is 20.0 Å². The summed E-state index contributed by atoms with van der Waals surface area (Å²) in [6.07, 6.45) is 0. The number of halogens is 1. The molecule has 0 aliphatic carbocycles. The zero-order valence-corrected chi connectivity index (χ0v) is 16.6. The number of carboxylic acid groups (broad SMARTS) is 1. The van der Waals surface area contributed by atoms with Gasteiger partial charge in [0.05, 0.1) is 21.9 Å². The topological polar surface area (TPSA) is 124 Å². The van der Waals surface area contributed by atoms with Crippen LogP contribution in [0.1, 0.15) is 10.4 Å². The lowest BCUT2D eigenvalue weighted by Crippen LogP contribution is -2.21. The summed E-state index contributed by atoms with van der Waals surface area (Å²) in [5.41, 5.74) is 1.42. The number of hydrogen-bond acceptors (Lipinski definition) is 7. The standard InChI is InChI=1S/C21H15FN4O4S/c22-14-7-11-16(12-8-14)31(29,30)26-20-19(24-17-3-1-2-4-18(17)25-20)23-15-9-5-13(6-10-15)21(27)28/h1-12H,(H,23,24)(H,25,26)(H,27,28)/p-1. The van der Waals surface area contributed by atoms with Gasteiger partial charge in [0.2, 0.25) is 0 Å². The van der Waals surface area contributed by atoms with E-state index in [9.17, 15) is 22.7 Å². The minimum Gasteiger partial charge on any atom is -0.545 e. The first-order chi connectivity index (χ1) is 14.8. The van der Waals surface area contributed by atoms with E-state index in [-0.39, 0.29) is 22.1 Å². The number of benzene rings is 3. The van der Waals surface area contributed by atoms with Crippen LogP contribution in [0.25, 0.3) is 11.0 Å². The third-order valence-electron chi connectivity index (χ3n) is 4.31. The molecular weight excluding hydrogens is 423 g/mol. The maximum atomic E-state index is 13.2. The van der Waals surface area contributed by atoms with Gasteiger partial charge in [0.1, 0.15) is 5.82 Å². The Balaban J connectivity index is 1.74. The van der Waals surface area contributed by atoms with Crippen LogP contribution in [0.5, 0.6) is 0 Å². The lowest BCUT2D eigenvalue weighted by atomic mass is 10.2. The van der Waals surface area contributed by atoms with Crippen LogP contribution in [-0.2, 0) is 10.0 Å². The number of anilines is 3. The molecule has 0 saturated heterocycles. The van der Waals surface area contributed by atoms with Gasteiger partial charge in [-0.05, 0) is 54.1 Å². The highest BCUT2D eigenvalue weighted by molar-refractivity contribution is 7.92.